The third-order valence-corrected chi connectivity index (χ3v) is 5.45. The van der Waals surface area contributed by atoms with Crippen LogP contribution in [0.4, 0.5) is 0 Å². The van der Waals surface area contributed by atoms with Crippen LogP contribution in [0.1, 0.15) is 104 Å². The van der Waals surface area contributed by atoms with Crippen molar-refractivity contribution in [3.05, 3.63) is 12.2 Å². The molecule has 0 aromatic rings. The molecule has 2 heteroatoms. The molecule has 1 fully saturated rings. The molecule has 1 rings (SSSR count). The van der Waals surface area contributed by atoms with Crippen LogP contribution in [-0.2, 0) is 9.53 Å². The Kier molecular flexibility index (Phi) is 12.9. The summed E-state index contributed by atoms with van der Waals surface area (Å²) in [5.74, 6) is 1.86. The summed E-state index contributed by atoms with van der Waals surface area (Å²) in [5.41, 5.74) is 0. The van der Waals surface area contributed by atoms with Gasteiger partial charge in [0.05, 0.1) is 13.0 Å². The van der Waals surface area contributed by atoms with Gasteiger partial charge in [0.1, 0.15) is 0 Å². The molecule has 140 valence electrons. The van der Waals surface area contributed by atoms with Crippen molar-refractivity contribution < 1.29 is 9.53 Å². The highest BCUT2D eigenvalue weighted by Gasteiger charge is 2.25. The summed E-state index contributed by atoms with van der Waals surface area (Å²) in [6.07, 6.45) is 22.7. The topological polar surface area (TPSA) is 26.3 Å². The molecule has 0 N–H and O–H groups in total. The highest BCUT2D eigenvalue weighted by atomic mass is 16.5. The van der Waals surface area contributed by atoms with Crippen LogP contribution in [0, 0.1) is 11.8 Å². The Balaban J connectivity index is 2.04. The van der Waals surface area contributed by atoms with Gasteiger partial charge in [-0.3, -0.25) is 4.79 Å². The fraction of sp³-hybridized carbons (Fsp3) is 0.864. The lowest BCUT2D eigenvalue weighted by Gasteiger charge is -2.19. The van der Waals surface area contributed by atoms with Crippen molar-refractivity contribution in [2.24, 2.45) is 11.8 Å². The maximum atomic E-state index is 11.2. The van der Waals surface area contributed by atoms with E-state index in [1.807, 2.05) is 13.0 Å². The second kappa shape index (κ2) is 14.5. The van der Waals surface area contributed by atoms with Gasteiger partial charge >= 0.3 is 5.97 Å². The first-order valence-corrected chi connectivity index (χ1v) is 10.6. The number of carbonyl (C=O) groups excluding carboxylic acids is 1. The van der Waals surface area contributed by atoms with Crippen molar-refractivity contribution in [3.63, 3.8) is 0 Å². The lowest BCUT2D eigenvalue weighted by atomic mass is 9.87. The highest BCUT2D eigenvalue weighted by Crippen LogP contribution is 2.38. The zero-order valence-electron chi connectivity index (χ0n) is 16.2. The first kappa shape index (κ1) is 21.3. The predicted octanol–water partition coefficient (Wildman–Crippen LogP) is 6.83. The van der Waals surface area contributed by atoms with Crippen LogP contribution in [0.15, 0.2) is 12.2 Å². The van der Waals surface area contributed by atoms with Crippen LogP contribution in [-0.4, -0.2) is 12.6 Å². The van der Waals surface area contributed by atoms with Crippen molar-refractivity contribution in [2.75, 3.05) is 6.61 Å². The highest BCUT2D eigenvalue weighted by molar-refractivity contribution is 5.71. The molecule has 0 aromatic heterocycles. The van der Waals surface area contributed by atoms with Crippen LogP contribution in [0.25, 0.3) is 0 Å². The van der Waals surface area contributed by atoms with Gasteiger partial charge < -0.3 is 4.74 Å². The van der Waals surface area contributed by atoms with E-state index in [1.54, 1.807) is 0 Å². The fourth-order valence-electron chi connectivity index (χ4n) is 4.08. The van der Waals surface area contributed by atoms with Crippen LogP contribution in [0.2, 0.25) is 0 Å². The summed E-state index contributed by atoms with van der Waals surface area (Å²) < 4.78 is 4.92. The smallest absolute Gasteiger partial charge is 0.309 e. The second-order valence-electron chi connectivity index (χ2n) is 7.42. The van der Waals surface area contributed by atoms with Crippen molar-refractivity contribution in [2.45, 2.75) is 104 Å². The van der Waals surface area contributed by atoms with E-state index in [4.69, 9.17) is 4.74 Å². The van der Waals surface area contributed by atoms with Gasteiger partial charge in [-0.25, -0.2) is 0 Å². The van der Waals surface area contributed by atoms with E-state index in [0.717, 1.165) is 18.3 Å². The van der Waals surface area contributed by atoms with Gasteiger partial charge in [-0.15, -0.1) is 0 Å². The van der Waals surface area contributed by atoms with Gasteiger partial charge in [0.25, 0.3) is 0 Å². The molecule has 1 aliphatic rings. The van der Waals surface area contributed by atoms with Gasteiger partial charge in [-0.05, 0) is 38.0 Å². The summed E-state index contributed by atoms with van der Waals surface area (Å²) in [4.78, 5) is 11.2. The summed E-state index contributed by atoms with van der Waals surface area (Å²) in [6.45, 7) is 4.62. The fourth-order valence-corrected chi connectivity index (χ4v) is 4.08. The summed E-state index contributed by atoms with van der Waals surface area (Å²) >= 11 is 0. The normalized spacial score (nSPS) is 20.8. The van der Waals surface area contributed by atoms with Crippen LogP contribution < -0.4 is 0 Å². The Hall–Kier alpha value is -0.790. The molecule has 0 saturated heterocycles. The molecule has 0 amide bonds. The Morgan fingerprint density at radius 2 is 1.58 bits per heavy atom. The minimum atomic E-state index is -0.108. The van der Waals surface area contributed by atoms with Gasteiger partial charge in [0, 0.05) is 0 Å². The van der Waals surface area contributed by atoms with Crippen molar-refractivity contribution in [1.82, 2.24) is 0 Å². The number of hydrogen-bond donors (Lipinski definition) is 0. The van der Waals surface area contributed by atoms with Crippen LogP contribution in [0.5, 0.6) is 0 Å². The lowest BCUT2D eigenvalue weighted by Crippen LogP contribution is -2.08. The quantitative estimate of drug-likeness (QED) is 0.197. The van der Waals surface area contributed by atoms with E-state index in [-0.39, 0.29) is 5.97 Å². The zero-order valence-corrected chi connectivity index (χ0v) is 16.2. The second-order valence-corrected chi connectivity index (χ2v) is 7.42. The first-order valence-electron chi connectivity index (χ1n) is 10.6. The summed E-state index contributed by atoms with van der Waals surface area (Å²) in [7, 11) is 0. The number of carbonyl (C=O) groups is 1. The van der Waals surface area contributed by atoms with Crippen LogP contribution >= 0.6 is 0 Å². The van der Waals surface area contributed by atoms with Gasteiger partial charge in [-0.2, -0.15) is 0 Å². The number of unbranched alkanes of at least 4 members (excludes halogenated alkanes) is 6. The third-order valence-electron chi connectivity index (χ3n) is 5.45. The Labute approximate surface area is 150 Å². The van der Waals surface area contributed by atoms with Gasteiger partial charge in [0.15, 0.2) is 0 Å². The SMILES string of the molecule is CCCCCCCC[C@H]1CCC[C@@H]1CCCC=CCC(=O)OCC. The molecule has 0 bridgehead atoms. The molecule has 0 heterocycles. The third kappa shape index (κ3) is 10.2. The molecule has 0 spiro atoms. The average molecular weight is 337 g/mol. The number of hydrogen-bond acceptors (Lipinski definition) is 2. The molecule has 2 atom stereocenters. The number of rotatable bonds is 14. The Bertz CT molecular complexity index is 335. The molecule has 1 saturated carbocycles. The van der Waals surface area contributed by atoms with E-state index in [0.29, 0.717) is 13.0 Å². The van der Waals surface area contributed by atoms with E-state index in [9.17, 15) is 4.79 Å². The zero-order chi connectivity index (χ0) is 17.5. The molecular weight excluding hydrogens is 296 g/mol. The minimum absolute atomic E-state index is 0.108. The van der Waals surface area contributed by atoms with Crippen LogP contribution in [0.3, 0.4) is 0 Å². The summed E-state index contributed by atoms with van der Waals surface area (Å²) in [5, 5.41) is 0. The van der Waals surface area contributed by atoms with Gasteiger partial charge in [0.2, 0.25) is 0 Å². The predicted molar refractivity (Wildman–Crippen MR) is 103 cm³/mol. The molecular formula is C22H40O2. The lowest BCUT2D eigenvalue weighted by molar-refractivity contribution is -0.142. The molecule has 2 nitrogen and oxygen atoms in total. The van der Waals surface area contributed by atoms with E-state index < -0.39 is 0 Å². The van der Waals surface area contributed by atoms with E-state index >= 15 is 0 Å². The van der Waals surface area contributed by atoms with E-state index in [1.165, 1.54) is 77.0 Å². The molecule has 24 heavy (non-hydrogen) atoms. The van der Waals surface area contributed by atoms with Crippen molar-refractivity contribution in [1.29, 1.82) is 0 Å². The van der Waals surface area contributed by atoms with Gasteiger partial charge in [-0.1, -0.05) is 83.3 Å². The number of ether oxygens (including phenoxy) is 1. The molecule has 0 aliphatic heterocycles. The molecule has 0 unspecified atom stereocenters. The van der Waals surface area contributed by atoms with Crippen molar-refractivity contribution in [3.8, 4) is 0 Å². The maximum Gasteiger partial charge on any atom is 0.309 e. The van der Waals surface area contributed by atoms with E-state index in [2.05, 4.69) is 13.0 Å². The van der Waals surface area contributed by atoms with Crippen molar-refractivity contribution >= 4 is 5.97 Å². The maximum absolute atomic E-state index is 11.2. The molecule has 0 radical (unpaired) electrons. The monoisotopic (exact) mass is 336 g/mol. The molecule has 1 aliphatic carbocycles. The first-order chi connectivity index (χ1) is 11.8. The minimum Gasteiger partial charge on any atom is -0.466 e. The largest absolute Gasteiger partial charge is 0.466 e. The Morgan fingerprint density at radius 3 is 2.29 bits per heavy atom. The molecule has 0 aromatic carbocycles. The average Bonchev–Trinajstić information content (AvgIpc) is 3.01. The number of esters is 1. The Morgan fingerprint density at radius 1 is 0.917 bits per heavy atom. The number of allylic oxidation sites excluding steroid dienone is 1. The summed E-state index contributed by atoms with van der Waals surface area (Å²) in [6, 6.07) is 0. The standard InChI is InChI=1S/C22H40O2/c1-3-5-6-7-8-11-15-20-17-14-18-21(20)16-12-9-10-13-19-22(23)24-4-2/h10,13,20-21H,3-9,11-12,14-19H2,1-2H3/t20-,21-/m0/s1.